The fourth-order valence-electron chi connectivity index (χ4n) is 1.87. The summed E-state index contributed by atoms with van der Waals surface area (Å²) in [5.74, 6) is 6.32. The predicted octanol–water partition coefficient (Wildman–Crippen LogP) is 1.72. The first-order valence-electron chi connectivity index (χ1n) is 7.15. The molecule has 21 heavy (non-hydrogen) atoms. The fraction of sp³-hybridized carbons (Fsp3) is 0.562. The third-order valence-electron chi connectivity index (χ3n) is 2.85. The number of nitrogens with zero attached hydrogens (tertiary/aromatic N) is 2. The molecule has 116 valence electrons. The molecule has 1 aromatic heterocycles. The highest BCUT2D eigenvalue weighted by Crippen LogP contribution is 2.16. The molecule has 0 saturated carbocycles. The van der Waals surface area contributed by atoms with E-state index in [0.717, 1.165) is 30.1 Å². The van der Waals surface area contributed by atoms with E-state index in [4.69, 9.17) is 5.73 Å². The van der Waals surface area contributed by atoms with Crippen LogP contribution >= 0.6 is 11.3 Å². The van der Waals surface area contributed by atoms with Gasteiger partial charge in [0.1, 0.15) is 0 Å². The van der Waals surface area contributed by atoms with Gasteiger partial charge in [-0.1, -0.05) is 25.7 Å². The molecule has 1 aromatic rings. The molecule has 0 aliphatic heterocycles. The Morgan fingerprint density at radius 2 is 2.10 bits per heavy atom. The van der Waals surface area contributed by atoms with Crippen LogP contribution in [0.15, 0.2) is 11.4 Å². The van der Waals surface area contributed by atoms with Crippen LogP contribution in [-0.2, 0) is 0 Å². The number of hydrogen-bond acceptors (Lipinski definition) is 4. The lowest BCUT2D eigenvalue weighted by atomic mass is 10.2. The highest BCUT2D eigenvalue weighted by molar-refractivity contribution is 7.10. The number of amides is 1. The van der Waals surface area contributed by atoms with E-state index in [1.165, 1.54) is 11.3 Å². The van der Waals surface area contributed by atoms with Crippen molar-refractivity contribution in [2.45, 2.75) is 13.8 Å². The van der Waals surface area contributed by atoms with Gasteiger partial charge in [0.2, 0.25) is 0 Å². The van der Waals surface area contributed by atoms with Crippen LogP contribution in [0.3, 0.4) is 0 Å². The molecule has 5 heteroatoms. The van der Waals surface area contributed by atoms with Crippen LogP contribution in [0.25, 0.3) is 0 Å². The zero-order valence-electron chi connectivity index (χ0n) is 13.3. The second-order valence-corrected chi connectivity index (χ2v) is 6.57. The Balaban J connectivity index is 2.80. The van der Waals surface area contributed by atoms with Crippen LogP contribution in [0.5, 0.6) is 0 Å². The molecule has 0 aromatic carbocycles. The van der Waals surface area contributed by atoms with E-state index >= 15 is 0 Å². The molecule has 1 rings (SSSR count). The Morgan fingerprint density at radius 1 is 1.38 bits per heavy atom. The van der Waals surface area contributed by atoms with E-state index in [1.807, 2.05) is 30.4 Å². The van der Waals surface area contributed by atoms with Gasteiger partial charge in [-0.15, -0.1) is 11.3 Å². The van der Waals surface area contributed by atoms with Crippen molar-refractivity contribution in [3.05, 3.63) is 21.9 Å². The second-order valence-electron chi connectivity index (χ2n) is 5.65. The zero-order chi connectivity index (χ0) is 15.8. The normalized spacial score (nSPS) is 10.6. The molecule has 0 aliphatic carbocycles. The van der Waals surface area contributed by atoms with Crippen molar-refractivity contribution in [2.24, 2.45) is 11.7 Å². The summed E-state index contributed by atoms with van der Waals surface area (Å²) < 4.78 is 0. The number of rotatable bonds is 6. The first-order chi connectivity index (χ1) is 9.93. The van der Waals surface area contributed by atoms with Crippen molar-refractivity contribution in [3.63, 3.8) is 0 Å². The van der Waals surface area contributed by atoms with Crippen molar-refractivity contribution in [1.29, 1.82) is 0 Å². The lowest BCUT2D eigenvalue weighted by Crippen LogP contribution is -2.38. The predicted molar refractivity (Wildman–Crippen MR) is 89.5 cm³/mol. The summed E-state index contributed by atoms with van der Waals surface area (Å²) in [6.45, 7) is 6.96. The van der Waals surface area contributed by atoms with E-state index < -0.39 is 0 Å². The quantitative estimate of drug-likeness (QED) is 0.814. The standard InChI is InChI=1S/C16H25N3OS/c1-13(2)11-19(9-8-18(3)4)16(20)14-10-15(21-12-14)6-5-7-17/h10,12-13H,7-9,11,17H2,1-4H3. The molecular weight excluding hydrogens is 282 g/mol. The van der Waals surface area contributed by atoms with E-state index in [-0.39, 0.29) is 5.91 Å². The van der Waals surface area contributed by atoms with Crippen LogP contribution in [0.4, 0.5) is 0 Å². The SMILES string of the molecule is CC(C)CN(CCN(C)C)C(=O)c1csc(C#CCN)c1. The molecule has 1 heterocycles. The first-order valence-corrected chi connectivity index (χ1v) is 8.03. The van der Waals surface area contributed by atoms with Gasteiger partial charge in [0.15, 0.2) is 0 Å². The van der Waals surface area contributed by atoms with E-state index in [2.05, 4.69) is 30.6 Å². The molecule has 0 aliphatic rings. The highest BCUT2D eigenvalue weighted by atomic mass is 32.1. The molecule has 0 fully saturated rings. The van der Waals surface area contributed by atoms with Gasteiger partial charge in [-0.3, -0.25) is 4.79 Å². The summed E-state index contributed by atoms with van der Waals surface area (Å²) >= 11 is 1.49. The Bertz CT molecular complexity index is 511. The number of carbonyl (C=O) groups is 1. The Morgan fingerprint density at radius 3 is 2.67 bits per heavy atom. The molecule has 0 saturated heterocycles. The van der Waals surface area contributed by atoms with Gasteiger partial charge < -0.3 is 15.5 Å². The molecule has 0 bridgehead atoms. The minimum absolute atomic E-state index is 0.0857. The van der Waals surface area contributed by atoms with Crippen LogP contribution in [0.1, 0.15) is 29.1 Å². The van der Waals surface area contributed by atoms with Gasteiger partial charge in [-0.05, 0) is 26.1 Å². The van der Waals surface area contributed by atoms with Crippen molar-refractivity contribution >= 4 is 17.2 Å². The number of carbonyl (C=O) groups excluding carboxylic acids is 1. The second kappa shape index (κ2) is 8.83. The molecule has 1 amide bonds. The van der Waals surface area contributed by atoms with Gasteiger partial charge in [0.05, 0.1) is 17.0 Å². The minimum atomic E-state index is 0.0857. The number of thiophene rings is 1. The largest absolute Gasteiger partial charge is 0.337 e. The average Bonchev–Trinajstić information content (AvgIpc) is 2.88. The van der Waals surface area contributed by atoms with Crippen LogP contribution in [0, 0.1) is 17.8 Å². The van der Waals surface area contributed by atoms with Gasteiger partial charge >= 0.3 is 0 Å². The monoisotopic (exact) mass is 307 g/mol. The van der Waals surface area contributed by atoms with E-state index in [1.54, 1.807) is 0 Å². The van der Waals surface area contributed by atoms with Gasteiger partial charge in [-0.25, -0.2) is 0 Å². The maximum atomic E-state index is 12.6. The topological polar surface area (TPSA) is 49.6 Å². The summed E-state index contributed by atoms with van der Waals surface area (Å²) in [5.41, 5.74) is 6.09. The molecule has 0 atom stereocenters. The van der Waals surface area contributed by atoms with Crippen LogP contribution in [0.2, 0.25) is 0 Å². The molecule has 0 unspecified atom stereocenters. The summed E-state index contributed by atoms with van der Waals surface area (Å²) in [5, 5.41) is 1.88. The third-order valence-corrected chi connectivity index (χ3v) is 3.70. The van der Waals surface area contributed by atoms with Gasteiger partial charge in [0, 0.05) is 25.0 Å². The summed E-state index contributed by atoms with van der Waals surface area (Å²) in [7, 11) is 4.03. The molecule has 0 spiro atoms. The van der Waals surface area contributed by atoms with Crippen molar-refractivity contribution < 1.29 is 4.79 Å². The fourth-order valence-corrected chi connectivity index (χ4v) is 2.62. The van der Waals surface area contributed by atoms with Crippen LogP contribution in [-0.4, -0.2) is 56.0 Å². The van der Waals surface area contributed by atoms with E-state index in [9.17, 15) is 4.79 Å². The van der Waals surface area contributed by atoms with Crippen molar-refractivity contribution in [2.75, 3.05) is 40.3 Å². The maximum absolute atomic E-state index is 12.6. The first kappa shape index (κ1) is 17.7. The summed E-state index contributed by atoms with van der Waals surface area (Å²) in [4.78, 5) is 17.5. The average molecular weight is 307 g/mol. The molecular formula is C16H25N3OS. The molecule has 2 N–H and O–H groups in total. The minimum Gasteiger partial charge on any atom is -0.337 e. The number of likely N-dealkylation sites (N-methyl/N-ethyl adjacent to an activating group) is 1. The highest BCUT2D eigenvalue weighted by Gasteiger charge is 2.18. The molecule has 4 nitrogen and oxygen atoms in total. The smallest absolute Gasteiger partial charge is 0.254 e. The molecule has 0 radical (unpaired) electrons. The lowest BCUT2D eigenvalue weighted by molar-refractivity contribution is 0.0725. The summed E-state index contributed by atoms with van der Waals surface area (Å²) in [6, 6.07) is 1.86. The van der Waals surface area contributed by atoms with E-state index in [0.29, 0.717) is 12.5 Å². The van der Waals surface area contributed by atoms with Crippen molar-refractivity contribution in [1.82, 2.24) is 9.80 Å². The van der Waals surface area contributed by atoms with Gasteiger partial charge in [-0.2, -0.15) is 0 Å². The van der Waals surface area contributed by atoms with Crippen LogP contribution < -0.4 is 5.73 Å². The number of nitrogens with two attached hydrogens (primary N) is 1. The van der Waals surface area contributed by atoms with Crippen molar-refractivity contribution in [3.8, 4) is 11.8 Å². The number of hydrogen-bond donors (Lipinski definition) is 1. The zero-order valence-corrected chi connectivity index (χ0v) is 14.2. The van der Waals surface area contributed by atoms with Gasteiger partial charge in [0.25, 0.3) is 5.91 Å². The Hall–Kier alpha value is -1.35. The third kappa shape index (κ3) is 6.30. The summed E-state index contributed by atoms with van der Waals surface area (Å²) in [6.07, 6.45) is 0. The Labute approximate surface area is 131 Å². The lowest BCUT2D eigenvalue weighted by Gasteiger charge is -2.25. The maximum Gasteiger partial charge on any atom is 0.254 e. The Kier molecular flexibility index (Phi) is 7.44.